The Morgan fingerprint density at radius 1 is 1.37 bits per heavy atom. The molecule has 19 heavy (non-hydrogen) atoms. The van der Waals surface area contributed by atoms with Crippen molar-refractivity contribution in [1.29, 1.82) is 0 Å². The largest absolute Gasteiger partial charge is 0.399 e. The van der Waals surface area contributed by atoms with Crippen LogP contribution in [0.5, 0.6) is 0 Å². The van der Waals surface area contributed by atoms with Crippen molar-refractivity contribution in [3.05, 3.63) is 29.3 Å². The van der Waals surface area contributed by atoms with Gasteiger partial charge in [0, 0.05) is 24.8 Å². The molecule has 0 spiro atoms. The lowest BCUT2D eigenvalue weighted by molar-refractivity contribution is -0.124. The SMILES string of the molecule is CNC(=O)C1CCCN1C(=O)c1cc(C)cc(N)c1. The summed E-state index contributed by atoms with van der Waals surface area (Å²) in [5.74, 6) is -0.229. The van der Waals surface area contributed by atoms with Crippen LogP contribution in [0.2, 0.25) is 0 Å². The number of carbonyl (C=O) groups excluding carboxylic acids is 2. The topological polar surface area (TPSA) is 75.4 Å². The molecule has 1 atom stereocenters. The Hall–Kier alpha value is -2.04. The second-order valence-corrected chi connectivity index (χ2v) is 4.90. The Morgan fingerprint density at radius 3 is 2.74 bits per heavy atom. The first-order valence-electron chi connectivity index (χ1n) is 6.42. The maximum atomic E-state index is 12.5. The number of nitrogen functional groups attached to an aromatic ring is 1. The zero-order chi connectivity index (χ0) is 14.0. The van der Waals surface area contributed by atoms with Crippen LogP contribution in [0.3, 0.4) is 0 Å². The van der Waals surface area contributed by atoms with Crippen LogP contribution in [0.1, 0.15) is 28.8 Å². The van der Waals surface area contributed by atoms with E-state index in [2.05, 4.69) is 5.32 Å². The van der Waals surface area contributed by atoms with Gasteiger partial charge in [-0.15, -0.1) is 0 Å². The number of nitrogens with two attached hydrogens (primary N) is 1. The normalized spacial score (nSPS) is 18.4. The molecule has 5 heteroatoms. The highest BCUT2D eigenvalue weighted by molar-refractivity contribution is 5.98. The number of anilines is 1. The number of amides is 2. The van der Waals surface area contributed by atoms with E-state index in [0.29, 0.717) is 24.2 Å². The predicted octanol–water partition coefficient (Wildman–Crippen LogP) is 0.928. The highest BCUT2D eigenvalue weighted by Gasteiger charge is 2.33. The Balaban J connectivity index is 2.25. The van der Waals surface area contributed by atoms with Gasteiger partial charge in [0.15, 0.2) is 0 Å². The van der Waals surface area contributed by atoms with Crippen molar-refractivity contribution in [3.63, 3.8) is 0 Å². The van der Waals surface area contributed by atoms with Crippen LogP contribution >= 0.6 is 0 Å². The summed E-state index contributed by atoms with van der Waals surface area (Å²) in [6.45, 7) is 2.51. The molecule has 0 aromatic heterocycles. The van der Waals surface area contributed by atoms with Crippen molar-refractivity contribution in [2.45, 2.75) is 25.8 Å². The summed E-state index contributed by atoms with van der Waals surface area (Å²) < 4.78 is 0. The molecule has 1 fully saturated rings. The molecule has 3 N–H and O–H groups in total. The molecule has 1 aromatic carbocycles. The van der Waals surface area contributed by atoms with Gasteiger partial charge in [-0.2, -0.15) is 0 Å². The quantitative estimate of drug-likeness (QED) is 0.778. The van der Waals surface area contributed by atoms with E-state index in [4.69, 9.17) is 5.73 Å². The molecule has 1 aliphatic rings. The smallest absolute Gasteiger partial charge is 0.254 e. The van der Waals surface area contributed by atoms with E-state index < -0.39 is 0 Å². The highest BCUT2D eigenvalue weighted by atomic mass is 16.2. The number of rotatable bonds is 2. The second kappa shape index (κ2) is 5.30. The third-order valence-corrected chi connectivity index (χ3v) is 3.41. The molecule has 2 rings (SSSR count). The number of benzene rings is 1. The molecular weight excluding hydrogens is 242 g/mol. The molecule has 1 unspecified atom stereocenters. The highest BCUT2D eigenvalue weighted by Crippen LogP contribution is 2.22. The molecule has 0 bridgehead atoms. The molecule has 1 saturated heterocycles. The van der Waals surface area contributed by atoms with E-state index in [0.717, 1.165) is 12.0 Å². The first-order chi connectivity index (χ1) is 9.02. The van der Waals surface area contributed by atoms with Gasteiger partial charge in [-0.05, 0) is 43.5 Å². The summed E-state index contributed by atoms with van der Waals surface area (Å²) in [7, 11) is 1.59. The standard InChI is InChI=1S/C14H19N3O2/c1-9-6-10(8-11(15)7-9)14(19)17-5-3-4-12(17)13(18)16-2/h6-8,12H,3-5,15H2,1-2H3,(H,16,18). The minimum Gasteiger partial charge on any atom is -0.399 e. The summed E-state index contributed by atoms with van der Waals surface area (Å²) in [5.41, 5.74) is 7.83. The molecule has 1 aromatic rings. The molecule has 1 aliphatic heterocycles. The minimum atomic E-state index is -0.362. The van der Waals surface area contributed by atoms with Crippen LogP contribution in [0.4, 0.5) is 5.69 Å². The lowest BCUT2D eigenvalue weighted by atomic mass is 10.1. The van der Waals surface area contributed by atoms with Crippen LogP contribution in [0.25, 0.3) is 0 Å². The molecule has 102 valence electrons. The summed E-state index contributed by atoms with van der Waals surface area (Å²) in [4.78, 5) is 25.9. The number of aryl methyl sites for hydroxylation is 1. The van der Waals surface area contributed by atoms with Crippen LogP contribution in [0, 0.1) is 6.92 Å². The number of nitrogens with one attached hydrogen (secondary N) is 1. The molecule has 5 nitrogen and oxygen atoms in total. The van der Waals surface area contributed by atoms with E-state index in [1.807, 2.05) is 13.0 Å². The van der Waals surface area contributed by atoms with Crippen LogP contribution in [-0.4, -0.2) is 36.3 Å². The van der Waals surface area contributed by atoms with Crippen molar-refractivity contribution in [2.75, 3.05) is 19.3 Å². The summed E-state index contributed by atoms with van der Waals surface area (Å²) in [5, 5.41) is 2.61. The summed E-state index contributed by atoms with van der Waals surface area (Å²) in [6, 6.07) is 4.92. The fraction of sp³-hybridized carbons (Fsp3) is 0.429. The Labute approximate surface area is 112 Å². The van der Waals surface area contributed by atoms with Gasteiger partial charge in [-0.3, -0.25) is 9.59 Å². The van der Waals surface area contributed by atoms with Gasteiger partial charge >= 0.3 is 0 Å². The van der Waals surface area contributed by atoms with Crippen molar-refractivity contribution < 1.29 is 9.59 Å². The van der Waals surface area contributed by atoms with E-state index in [1.54, 1.807) is 24.1 Å². The predicted molar refractivity (Wildman–Crippen MR) is 73.7 cm³/mol. The van der Waals surface area contributed by atoms with E-state index in [9.17, 15) is 9.59 Å². The van der Waals surface area contributed by atoms with E-state index in [1.165, 1.54) is 0 Å². The van der Waals surface area contributed by atoms with Gasteiger partial charge in [-0.1, -0.05) is 0 Å². The number of carbonyl (C=O) groups is 2. The third-order valence-electron chi connectivity index (χ3n) is 3.41. The Bertz CT molecular complexity index is 493. The Kier molecular flexibility index (Phi) is 3.74. The van der Waals surface area contributed by atoms with Gasteiger partial charge in [-0.25, -0.2) is 0 Å². The monoisotopic (exact) mass is 261 g/mol. The molecule has 0 aliphatic carbocycles. The third kappa shape index (κ3) is 2.70. The number of nitrogens with zero attached hydrogens (tertiary/aromatic N) is 1. The zero-order valence-electron chi connectivity index (χ0n) is 11.3. The fourth-order valence-corrected chi connectivity index (χ4v) is 2.55. The number of likely N-dealkylation sites (tertiary alicyclic amines) is 1. The molecule has 2 amide bonds. The number of likely N-dealkylation sites (N-methyl/N-ethyl adjacent to an activating group) is 1. The zero-order valence-corrected chi connectivity index (χ0v) is 11.3. The van der Waals surface area contributed by atoms with Gasteiger partial charge in [0.2, 0.25) is 5.91 Å². The summed E-state index contributed by atoms with van der Waals surface area (Å²) in [6.07, 6.45) is 1.57. The molecule has 0 radical (unpaired) electrons. The Morgan fingerprint density at radius 2 is 2.11 bits per heavy atom. The van der Waals surface area contributed by atoms with Gasteiger partial charge in [0.05, 0.1) is 0 Å². The van der Waals surface area contributed by atoms with Gasteiger partial charge in [0.25, 0.3) is 5.91 Å². The minimum absolute atomic E-state index is 0.105. The number of hydrogen-bond donors (Lipinski definition) is 2. The lowest BCUT2D eigenvalue weighted by Gasteiger charge is -2.23. The van der Waals surface area contributed by atoms with Crippen LogP contribution < -0.4 is 11.1 Å². The molecular formula is C14H19N3O2. The maximum Gasteiger partial charge on any atom is 0.254 e. The first kappa shape index (κ1) is 13.4. The second-order valence-electron chi connectivity index (χ2n) is 4.90. The van der Waals surface area contributed by atoms with Gasteiger partial charge in [0.1, 0.15) is 6.04 Å². The molecule has 1 heterocycles. The van der Waals surface area contributed by atoms with Crippen molar-refractivity contribution in [2.24, 2.45) is 0 Å². The average molecular weight is 261 g/mol. The summed E-state index contributed by atoms with van der Waals surface area (Å²) >= 11 is 0. The van der Waals surface area contributed by atoms with Crippen LogP contribution in [-0.2, 0) is 4.79 Å². The van der Waals surface area contributed by atoms with E-state index in [-0.39, 0.29) is 17.9 Å². The van der Waals surface area contributed by atoms with Gasteiger partial charge < -0.3 is 16.0 Å². The van der Waals surface area contributed by atoms with Crippen molar-refractivity contribution in [1.82, 2.24) is 10.2 Å². The van der Waals surface area contributed by atoms with E-state index >= 15 is 0 Å². The fourth-order valence-electron chi connectivity index (χ4n) is 2.55. The van der Waals surface area contributed by atoms with Crippen molar-refractivity contribution in [3.8, 4) is 0 Å². The lowest BCUT2D eigenvalue weighted by Crippen LogP contribution is -2.44. The number of hydrogen-bond acceptors (Lipinski definition) is 3. The van der Waals surface area contributed by atoms with Crippen LogP contribution in [0.15, 0.2) is 18.2 Å². The molecule has 0 saturated carbocycles. The van der Waals surface area contributed by atoms with Crippen molar-refractivity contribution >= 4 is 17.5 Å². The average Bonchev–Trinajstić information content (AvgIpc) is 2.84. The first-order valence-corrected chi connectivity index (χ1v) is 6.42. The maximum absolute atomic E-state index is 12.5.